The average molecular weight is 382 g/mol. The van der Waals surface area contributed by atoms with Gasteiger partial charge >= 0.3 is 5.97 Å². The van der Waals surface area contributed by atoms with Crippen molar-refractivity contribution in [2.24, 2.45) is 0 Å². The van der Waals surface area contributed by atoms with Gasteiger partial charge in [-0.05, 0) is 49.5 Å². The fraction of sp³-hybridized carbons (Fsp3) is 0.476. The van der Waals surface area contributed by atoms with Crippen LogP contribution in [0.3, 0.4) is 0 Å². The van der Waals surface area contributed by atoms with Gasteiger partial charge in [0.1, 0.15) is 12.1 Å². The number of rotatable bonds is 5. The number of aliphatic carboxylic acids is 1. The van der Waals surface area contributed by atoms with E-state index in [1.54, 1.807) is 12.4 Å². The van der Waals surface area contributed by atoms with E-state index in [4.69, 9.17) is 9.84 Å². The lowest BCUT2D eigenvalue weighted by atomic mass is 9.90. The van der Waals surface area contributed by atoms with Crippen LogP contribution in [0.4, 0.5) is 5.82 Å². The molecule has 1 aliphatic heterocycles. The summed E-state index contributed by atoms with van der Waals surface area (Å²) in [6, 6.07) is 6.77. The van der Waals surface area contributed by atoms with Gasteiger partial charge in [-0.3, -0.25) is 4.90 Å². The number of hydrogen-bond donors (Lipinski definition) is 2. The van der Waals surface area contributed by atoms with Crippen LogP contribution in [0.1, 0.15) is 31.2 Å². The van der Waals surface area contributed by atoms with Crippen molar-refractivity contribution in [2.75, 3.05) is 31.6 Å². The van der Waals surface area contributed by atoms with E-state index in [1.165, 1.54) is 12.8 Å². The van der Waals surface area contributed by atoms with Crippen molar-refractivity contribution in [3.63, 3.8) is 0 Å². The topological polar surface area (TPSA) is 87.6 Å². The molecule has 1 aliphatic carbocycles. The number of fused-ring (bicyclic) bond motifs is 1. The first-order valence-electron chi connectivity index (χ1n) is 9.93. The Kier molecular flexibility index (Phi) is 5.83. The first-order chi connectivity index (χ1) is 13.7. The maximum atomic E-state index is 10.8. The van der Waals surface area contributed by atoms with Crippen LogP contribution in [-0.4, -0.2) is 64.3 Å². The minimum Gasteiger partial charge on any atom is -0.478 e. The Morgan fingerprint density at radius 2 is 1.96 bits per heavy atom. The van der Waals surface area contributed by atoms with Crippen LogP contribution in [0.2, 0.25) is 0 Å². The van der Waals surface area contributed by atoms with Crippen LogP contribution in [-0.2, 0) is 9.53 Å². The van der Waals surface area contributed by atoms with E-state index in [1.807, 2.05) is 18.2 Å². The lowest BCUT2D eigenvalue weighted by Crippen LogP contribution is -2.46. The second-order valence-electron chi connectivity index (χ2n) is 7.47. The third-order valence-electron chi connectivity index (χ3n) is 5.68. The quantitative estimate of drug-likeness (QED) is 0.769. The molecule has 2 aliphatic rings. The van der Waals surface area contributed by atoms with Crippen LogP contribution in [0.5, 0.6) is 0 Å². The highest BCUT2D eigenvalue weighted by atomic mass is 16.5. The van der Waals surface area contributed by atoms with E-state index in [-0.39, 0.29) is 0 Å². The molecule has 0 radical (unpaired) electrons. The molecule has 2 fully saturated rings. The molecule has 7 nitrogen and oxygen atoms in total. The Balaban J connectivity index is 1.44. The molecule has 148 valence electrons. The number of carboxylic acids is 1. The van der Waals surface area contributed by atoms with E-state index < -0.39 is 5.97 Å². The molecule has 1 aromatic carbocycles. The lowest BCUT2D eigenvalue weighted by Gasteiger charge is -2.39. The third kappa shape index (κ3) is 4.48. The van der Waals surface area contributed by atoms with Crippen molar-refractivity contribution in [1.29, 1.82) is 0 Å². The maximum absolute atomic E-state index is 10.8. The van der Waals surface area contributed by atoms with Crippen molar-refractivity contribution in [3.05, 3.63) is 36.2 Å². The molecule has 0 bridgehead atoms. The number of benzene rings is 1. The molecule has 2 N–H and O–H groups in total. The molecule has 1 saturated heterocycles. The number of aromatic nitrogens is 2. The van der Waals surface area contributed by atoms with E-state index in [9.17, 15) is 4.79 Å². The fourth-order valence-corrected chi connectivity index (χ4v) is 4.18. The Morgan fingerprint density at radius 1 is 1.18 bits per heavy atom. The average Bonchev–Trinajstić information content (AvgIpc) is 2.74. The monoisotopic (exact) mass is 382 g/mol. The fourth-order valence-electron chi connectivity index (χ4n) is 4.18. The van der Waals surface area contributed by atoms with E-state index >= 15 is 0 Å². The Morgan fingerprint density at radius 3 is 2.71 bits per heavy atom. The van der Waals surface area contributed by atoms with E-state index in [2.05, 4.69) is 20.2 Å². The normalized spacial score (nSPS) is 23.9. The van der Waals surface area contributed by atoms with Crippen LogP contribution in [0.15, 0.2) is 30.6 Å². The minimum absolute atomic E-state index is 0.397. The summed E-state index contributed by atoms with van der Waals surface area (Å²) in [6.45, 7) is 3.80. The SMILES string of the molecule is O=C(O)/C=C/c1ccc2ncnc(N[C@H]3CC[C@H](N4CCOCC4)CC3)c2c1. The number of carboxylic acid groups (broad SMARTS) is 1. The molecule has 0 unspecified atom stereocenters. The van der Waals surface area contributed by atoms with Gasteiger partial charge in [0.2, 0.25) is 0 Å². The van der Waals surface area contributed by atoms with Gasteiger partial charge < -0.3 is 15.2 Å². The van der Waals surface area contributed by atoms with Gasteiger partial charge in [0.25, 0.3) is 0 Å². The zero-order chi connectivity index (χ0) is 19.3. The number of ether oxygens (including phenoxy) is 1. The molecular weight excluding hydrogens is 356 g/mol. The number of nitrogens with zero attached hydrogens (tertiary/aromatic N) is 3. The third-order valence-corrected chi connectivity index (χ3v) is 5.68. The first-order valence-corrected chi connectivity index (χ1v) is 9.93. The summed E-state index contributed by atoms with van der Waals surface area (Å²) in [7, 11) is 0. The van der Waals surface area contributed by atoms with Crippen molar-refractivity contribution in [3.8, 4) is 0 Å². The number of hydrogen-bond acceptors (Lipinski definition) is 6. The molecule has 1 aromatic heterocycles. The van der Waals surface area contributed by atoms with Crippen LogP contribution in [0, 0.1) is 0 Å². The summed E-state index contributed by atoms with van der Waals surface area (Å²) >= 11 is 0. The molecule has 2 heterocycles. The highest BCUT2D eigenvalue weighted by Gasteiger charge is 2.27. The Labute approximate surface area is 164 Å². The van der Waals surface area contributed by atoms with Crippen LogP contribution in [0.25, 0.3) is 17.0 Å². The molecular formula is C21H26N4O3. The largest absolute Gasteiger partial charge is 0.478 e. The standard InChI is InChI=1S/C21H26N4O3/c26-20(27)8-2-15-1-7-19-18(13-15)21(23-14-22-19)24-16-3-5-17(6-4-16)25-9-11-28-12-10-25/h1-2,7-8,13-14,16-17H,3-6,9-12H2,(H,26,27)(H,22,23,24)/b8-2+/t16-,17-. The predicted octanol–water partition coefficient (Wildman–Crippen LogP) is 2.78. The van der Waals surface area contributed by atoms with Crippen molar-refractivity contribution < 1.29 is 14.6 Å². The summed E-state index contributed by atoms with van der Waals surface area (Å²) < 4.78 is 5.47. The highest BCUT2D eigenvalue weighted by Crippen LogP contribution is 2.28. The molecule has 0 spiro atoms. The summed E-state index contributed by atoms with van der Waals surface area (Å²) in [6.07, 6.45) is 8.92. The van der Waals surface area contributed by atoms with Crippen molar-refractivity contribution >= 4 is 28.8 Å². The smallest absolute Gasteiger partial charge is 0.328 e. The Bertz CT molecular complexity index is 856. The molecule has 28 heavy (non-hydrogen) atoms. The number of carbonyl (C=O) groups is 1. The molecule has 2 aromatic rings. The van der Waals surface area contributed by atoms with Crippen molar-refractivity contribution in [1.82, 2.24) is 14.9 Å². The number of nitrogens with one attached hydrogen (secondary N) is 1. The van der Waals surface area contributed by atoms with Gasteiger partial charge in [-0.1, -0.05) is 6.07 Å². The second kappa shape index (κ2) is 8.67. The molecule has 7 heteroatoms. The predicted molar refractivity (Wildman–Crippen MR) is 108 cm³/mol. The summed E-state index contributed by atoms with van der Waals surface area (Å²) in [5.41, 5.74) is 1.68. The molecule has 0 atom stereocenters. The second-order valence-corrected chi connectivity index (χ2v) is 7.47. The zero-order valence-electron chi connectivity index (χ0n) is 15.9. The van der Waals surface area contributed by atoms with E-state index in [0.717, 1.165) is 67.5 Å². The van der Waals surface area contributed by atoms with E-state index in [0.29, 0.717) is 12.1 Å². The van der Waals surface area contributed by atoms with Crippen molar-refractivity contribution in [2.45, 2.75) is 37.8 Å². The Hall–Kier alpha value is -2.51. The number of anilines is 1. The summed E-state index contributed by atoms with van der Waals surface area (Å²) in [5, 5.41) is 13.4. The van der Waals surface area contributed by atoms with Gasteiger partial charge in [-0.15, -0.1) is 0 Å². The molecule has 1 saturated carbocycles. The van der Waals surface area contributed by atoms with Gasteiger partial charge in [-0.2, -0.15) is 0 Å². The minimum atomic E-state index is -0.959. The summed E-state index contributed by atoms with van der Waals surface area (Å²) in [5.74, 6) is -0.134. The van der Waals surface area contributed by atoms with Gasteiger partial charge in [0, 0.05) is 36.6 Å². The zero-order valence-corrected chi connectivity index (χ0v) is 15.9. The van der Waals surface area contributed by atoms with Gasteiger partial charge in [-0.25, -0.2) is 14.8 Å². The van der Waals surface area contributed by atoms with Crippen LogP contribution < -0.4 is 5.32 Å². The summed E-state index contributed by atoms with van der Waals surface area (Å²) in [4.78, 5) is 22.1. The lowest BCUT2D eigenvalue weighted by molar-refractivity contribution is -0.131. The number of morpholine rings is 1. The maximum Gasteiger partial charge on any atom is 0.328 e. The molecule has 4 rings (SSSR count). The van der Waals surface area contributed by atoms with Crippen LogP contribution >= 0.6 is 0 Å². The van der Waals surface area contributed by atoms with Gasteiger partial charge in [0.15, 0.2) is 0 Å². The molecule has 0 amide bonds. The first kappa shape index (κ1) is 18.8. The highest BCUT2D eigenvalue weighted by molar-refractivity contribution is 5.92. The van der Waals surface area contributed by atoms with Gasteiger partial charge in [0.05, 0.1) is 18.7 Å².